The fourth-order valence-electron chi connectivity index (χ4n) is 5.00. The molecule has 6 rings (SSSR count). The minimum absolute atomic E-state index is 0.197. The van der Waals surface area contributed by atoms with Gasteiger partial charge in [0, 0.05) is 34.1 Å². The number of carbonyl (C=O) groups is 1. The lowest BCUT2D eigenvalue weighted by Crippen LogP contribution is -2.39. The number of esters is 1. The Hall–Kier alpha value is -3.43. The van der Waals surface area contributed by atoms with Crippen LogP contribution in [0.5, 0.6) is 0 Å². The van der Waals surface area contributed by atoms with Crippen molar-refractivity contribution in [2.75, 3.05) is 6.61 Å². The zero-order chi connectivity index (χ0) is 28.0. The number of carbonyl (C=O) groups excluding carboxylic acids is 1. The predicted molar refractivity (Wildman–Crippen MR) is 162 cm³/mol. The van der Waals surface area contributed by atoms with E-state index in [-0.39, 0.29) is 12.2 Å². The summed E-state index contributed by atoms with van der Waals surface area (Å²) in [6, 6.07) is 16.9. The molecule has 0 N–H and O–H groups in total. The first-order valence-electron chi connectivity index (χ1n) is 12.6. The van der Waals surface area contributed by atoms with Crippen LogP contribution in [0.4, 0.5) is 0 Å². The number of hydrogen-bond donors (Lipinski definition) is 0. The smallest absolute Gasteiger partial charge is 0.338 e. The summed E-state index contributed by atoms with van der Waals surface area (Å²) in [7, 11) is 0. The molecule has 0 fully saturated rings. The van der Waals surface area contributed by atoms with Crippen LogP contribution in [0.2, 0.25) is 10.0 Å². The highest BCUT2D eigenvalue weighted by Gasteiger charge is 2.33. The Morgan fingerprint density at radius 1 is 1.12 bits per heavy atom. The third-order valence-corrected chi connectivity index (χ3v) is 9.42. The number of benzene rings is 2. The molecule has 6 nitrogen and oxygen atoms in total. The fourth-order valence-corrected chi connectivity index (χ4v) is 7.19. The van der Waals surface area contributed by atoms with Gasteiger partial charge < -0.3 is 9.30 Å². The maximum Gasteiger partial charge on any atom is 0.338 e. The van der Waals surface area contributed by atoms with Crippen LogP contribution in [0.25, 0.3) is 17.0 Å². The Morgan fingerprint density at radius 2 is 1.95 bits per heavy atom. The van der Waals surface area contributed by atoms with Crippen molar-refractivity contribution in [1.82, 2.24) is 9.13 Å². The van der Waals surface area contributed by atoms with E-state index in [0.29, 0.717) is 37.2 Å². The summed E-state index contributed by atoms with van der Waals surface area (Å²) in [5.41, 5.74) is 3.71. The molecule has 1 aliphatic rings. The van der Waals surface area contributed by atoms with Crippen LogP contribution in [-0.4, -0.2) is 21.7 Å². The van der Waals surface area contributed by atoms with Gasteiger partial charge in [-0.1, -0.05) is 64.9 Å². The first-order valence-corrected chi connectivity index (χ1v) is 15.1. The summed E-state index contributed by atoms with van der Waals surface area (Å²) in [5, 5.41) is 3.98. The normalized spacial score (nSPS) is 15.4. The second-order valence-electron chi connectivity index (χ2n) is 9.30. The summed E-state index contributed by atoms with van der Waals surface area (Å²) in [5.74, 6) is -0.457. The van der Waals surface area contributed by atoms with E-state index in [1.165, 1.54) is 22.7 Å². The molecule has 4 heterocycles. The van der Waals surface area contributed by atoms with E-state index < -0.39 is 12.0 Å². The van der Waals surface area contributed by atoms with Crippen molar-refractivity contribution in [2.24, 2.45) is 4.99 Å². The molecule has 2 aromatic carbocycles. The van der Waals surface area contributed by atoms with Gasteiger partial charge in [-0.3, -0.25) is 9.36 Å². The highest BCUT2D eigenvalue weighted by molar-refractivity contribution is 7.10. The van der Waals surface area contributed by atoms with E-state index in [2.05, 4.69) is 15.6 Å². The molecule has 1 atom stereocenters. The molecule has 202 valence electrons. The predicted octanol–water partition coefficient (Wildman–Crippen LogP) is 6.17. The second kappa shape index (κ2) is 10.9. The standard InChI is InChI=1S/C30H23Cl2N3O3S2/c1-3-38-29(37)26-17(2)33-30-35(27(26)24-9-6-12-39-24)28(36)25(40-30)14-19-16-34(23-8-5-4-7-20(19)23)15-18-10-11-21(31)22(32)13-18/h4-14,16,27H,3,15H2,1-2H3/b25-14+. The summed E-state index contributed by atoms with van der Waals surface area (Å²) < 4.78 is 9.65. The van der Waals surface area contributed by atoms with Crippen LogP contribution in [0.3, 0.4) is 0 Å². The Morgan fingerprint density at radius 3 is 2.70 bits per heavy atom. The van der Waals surface area contributed by atoms with Gasteiger partial charge in [-0.15, -0.1) is 11.3 Å². The molecule has 10 heteroatoms. The number of ether oxygens (including phenoxy) is 1. The Bertz CT molecular complexity index is 1980. The van der Waals surface area contributed by atoms with Gasteiger partial charge in [0.15, 0.2) is 4.80 Å². The van der Waals surface area contributed by atoms with Gasteiger partial charge in [-0.2, -0.15) is 0 Å². The van der Waals surface area contributed by atoms with Crippen molar-refractivity contribution < 1.29 is 9.53 Å². The van der Waals surface area contributed by atoms with Gasteiger partial charge in [-0.05, 0) is 55.1 Å². The van der Waals surface area contributed by atoms with Crippen LogP contribution in [0, 0.1) is 0 Å². The quantitative estimate of drug-likeness (QED) is 0.217. The Labute approximate surface area is 247 Å². The summed E-state index contributed by atoms with van der Waals surface area (Å²) in [6.07, 6.45) is 3.95. The van der Waals surface area contributed by atoms with Gasteiger partial charge in [0.25, 0.3) is 5.56 Å². The molecular formula is C30H23Cl2N3O3S2. The number of aromatic nitrogens is 2. The van der Waals surface area contributed by atoms with E-state index in [1.54, 1.807) is 24.5 Å². The van der Waals surface area contributed by atoms with E-state index in [4.69, 9.17) is 27.9 Å². The average molecular weight is 609 g/mol. The largest absolute Gasteiger partial charge is 0.463 e. The monoisotopic (exact) mass is 607 g/mol. The summed E-state index contributed by atoms with van der Waals surface area (Å²) in [6.45, 7) is 4.39. The number of fused-ring (bicyclic) bond motifs is 2. The molecule has 0 bridgehead atoms. The third kappa shape index (κ3) is 4.75. The molecule has 1 aliphatic heterocycles. The molecular weight excluding hydrogens is 585 g/mol. The second-order valence-corrected chi connectivity index (χ2v) is 12.1. The number of nitrogens with zero attached hydrogens (tertiary/aromatic N) is 3. The summed E-state index contributed by atoms with van der Waals surface area (Å²) >= 11 is 15.2. The van der Waals surface area contributed by atoms with Crippen molar-refractivity contribution in [3.63, 3.8) is 0 Å². The molecule has 40 heavy (non-hydrogen) atoms. The number of rotatable bonds is 6. The van der Waals surface area contributed by atoms with Gasteiger partial charge in [0.1, 0.15) is 6.04 Å². The minimum atomic E-state index is -0.589. The highest BCUT2D eigenvalue weighted by Crippen LogP contribution is 2.33. The lowest BCUT2D eigenvalue weighted by molar-refractivity contribution is -0.139. The lowest BCUT2D eigenvalue weighted by Gasteiger charge is -2.23. The SMILES string of the molecule is CCOC(=O)C1=C(C)N=c2s/c(=C/c3cn(Cc4ccc(Cl)c(Cl)c4)c4ccccc34)c(=O)n2C1c1cccs1. The third-order valence-electron chi connectivity index (χ3n) is 6.77. The van der Waals surface area contributed by atoms with Crippen molar-refractivity contribution in [3.05, 3.63) is 123 Å². The molecule has 0 spiro atoms. The summed E-state index contributed by atoms with van der Waals surface area (Å²) in [4.78, 5) is 33.0. The van der Waals surface area contributed by atoms with Gasteiger partial charge in [-0.25, -0.2) is 9.79 Å². The first-order chi connectivity index (χ1) is 19.4. The van der Waals surface area contributed by atoms with Crippen molar-refractivity contribution in [3.8, 4) is 0 Å². The molecule has 5 aromatic rings. The van der Waals surface area contributed by atoms with Gasteiger partial charge >= 0.3 is 5.97 Å². The van der Waals surface area contributed by atoms with Crippen LogP contribution < -0.4 is 14.9 Å². The number of halogens is 2. The Kier molecular flexibility index (Phi) is 7.27. The molecule has 0 aliphatic carbocycles. The maximum absolute atomic E-state index is 13.9. The van der Waals surface area contributed by atoms with Crippen molar-refractivity contribution in [1.29, 1.82) is 0 Å². The van der Waals surface area contributed by atoms with Gasteiger partial charge in [0.2, 0.25) is 0 Å². The first kappa shape index (κ1) is 26.8. The zero-order valence-corrected chi connectivity index (χ0v) is 24.7. The van der Waals surface area contributed by atoms with Gasteiger partial charge in [0.05, 0.1) is 32.5 Å². The van der Waals surface area contributed by atoms with Crippen molar-refractivity contribution in [2.45, 2.75) is 26.4 Å². The van der Waals surface area contributed by atoms with E-state index >= 15 is 0 Å². The van der Waals surface area contributed by atoms with Crippen LogP contribution in [-0.2, 0) is 16.1 Å². The molecule has 0 saturated carbocycles. The van der Waals surface area contributed by atoms with Crippen LogP contribution in [0.1, 0.15) is 35.9 Å². The molecule has 3 aromatic heterocycles. The zero-order valence-electron chi connectivity index (χ0n) is 21.6. The number of thiophene rings is 1. The Balaban J connectivity index is 1.49. The minimum Gasteiger partial charge on any atom is -0.463 e. The average Bonchev–Trinajstić information content (AvgIpc) is 3.65. The van der Waals surface area contributed by atoms with Crippen LogP contribution >= 0.6 is 45.9 Å². The molecule has 1 unspecified atom stereocenters. The van der Waals surface area contributed by atoms with E-state index in [0.717, 1.165) is 26.9 Å². The molecule has 0 amide bonds. The number of thiazole rings is 1. The highest BCUT2D eigenvalue weighted by atomic mass is 35.5. The van der Waals surface area contributed by atoms with Crippen molar-refractivity contribution >= 4 is 68.8 Å². The van der Waals surface area contributed by atoms with E-state index in [9.17, 15) is 9.59 Å². The number of para-hydroxylation sites is 1. The molecule has 0 saturated heterocycles. The fraction of sp³-hybridized carbons (Fsp3) is 0.167. The topological polar surface area (TPSA) is 65.6 Å². The van der Waals surface area contributed by atoms with Crippen LogP contribution in [0.15, 0.2) is 87.2 Å². The maximum atomic E-state index is 13.9. The number of allylic oxidation sites excluding steroid dienone is 1. The van der Waals surface area contributed by atoms with E-state index in [1.807, 2.05) is 60.1 Å². The molecule has 0 radical (unpaired) electrons. The number of hydrogen-bond acceptors (Lipinski definition) is 6. The lowest BCUT2D eigenvalue weighted by atomic mass is 10.0.